The molecule has 0 saturated carbocycles. The van der Waals surface area contributed by atoms with Gasteiger partial charge in [-0.25, -0.2) is 14.5 Å². The van der Waals surface area contributed by atoms with Crippen LogP contribution in [0.2, 0.25) is 0 Å². The van der Waals surface area contributed by atoms with E-state index < -0.39 is 43.2 Å². The van der Waals surface area contributed by atoms with E-state index in [1.807, 2.05) is 6.92 Å². The summed E-state index contributed by atoms with van der Waals surface area (Å²) in [6.45, 7) is 9.72. The smallest absolute Gasteiger partial charge is 0.416 e. The molecule has 1 amide bonds. The quantitative estimate of drug-likeness (QED) is 0.315. The van der Waals surface area contributed by atoms with Gasteiger partial charge in [-0.15, -0.1) is 18.3 Å². The summed E-state index contributed by atoms with van der Waals surface area (Å²) >= 11 is 0. The second-order valence-corrected chi connectivity index (χ2v) is 9.63. The third-order valence-electron chi connectivity index (χ3n) is 6.55. The first-order chi connectivity index (χ1) is 20.4. The average Bonchev–Trinajstić information content (AvgIpc) is 3.39. The highest BCUT2D eigenvalue weighted by molar-refractivity contribution is 5.85. The number of benzene rings is 2. The second-order valence-electron chi connectivity index (χ2n) is 9.63. The van der Waals surface area contributed by atoms with Crippen LogP contribution >= 0.6 is 0 Å². The number of allylic oxidation sites excluding steroid dienone is 1. The summed E-state index contributed by atoms with van der Waals surface area (Å²) in [4.78, 5) is 17.3. The molecule has 11 nitrogen and oxygen atoms in total. The first kappa shape index (κ1) is 31.9. The van der Waals surface area contributed by atoms with Crippen molar-refractivity contribution in [2.45, 2.75) is 57.8 Å². The van der Waals surface area contributed by atoms with E-state index in [9.17, 15) is 18.0 Å². The van der Waals surface area contributed by atoms with Crippen LogP contribution in [0, 0.1) is 0 Å². The first-order valence-corrected chi connectivity index (χ1v) is 13.3. The fraction of sp³-hybridized carbons (Fsp3) is 0.414. The van der Waals surface area contributed by atoms with Crippen LogP contribution in [-0.2, 0) is 23.7 Å². The summed E-state index contributed by atoms with van der Waals surface area (Å²) in [7, 11) is 3.02. The molecule has 2 aromatic carbocycles. The highest BCUT2D eigenvalue weighted by Crippen LogP contribution is 2.29. The molecule has 1 aromatic heterocycles. The minimum Gasteiger partial charge on any atom is -0.416 e. The van der Waals surface area contributed by atoms with E-state index in [1.165, 1.54) is 36.1 Å². The van der Waals surface area contributed by atoms with Crippen molar-refractivity contribution in [1.82, 2.24) is 14.8 Å². The summed E-state index contributed by atoms with van der Waals surface area (Å²) in [5, 5.41) is 7.18. The van der Waals surface area contributed by atoms with E-state index >= 15 is 0 Å². The van der Waals surface area contributed by atoms with Gasteiger partial charge in [0, 0.05) is 32.1 Å². The van der Waals surface area contributed by atoms with Crippen molar-refractivity contribution in [3.8, 4) is 22.8 Å². The van der Waals surface area contributed by atoms with Crippen molar-refractivity contribution in [1.29, 1.82) is 0 Å². The number of nitrogens with one attached hydrogen (secondary N) is 1. The van der Waals surface area contributed by atoms with E-state index in [1.54, 1.807) is 45.2 Å². The number of anilines is 1. The molecule has 1 aliphatic rings. The number of alkyl halides is 3. The number of aromatic nitrogens is 3. The van der Waals surface area contributed by atoms with E-state index in [0.29, 0.717) is 40.8 Å². The lowest BCUT2D eigenvalue weighted by atomic mass is 9.99. The molecule has 232 valence electrons. The number of halogens is 3. The third kappa shape index (κ3) is 7.70. The minimum atomic E-state index is -4.79. The van der Waals surface area contributed by atoms with Crippen molar-refractivity contribution < 1.29 is 46.4 Å². The van der Waals surface area contributed by atoms with Crippen LogP contribution < -0.4 is 10.1 Å². The first-order valence-electron chi connectivity index (χ1n) is 13.3. The van der Waals surface area contributed by atoms with Crippen LogP contribution in [-0.4, -0.2) is 78.8 Å². The van der Waals surface area contributed by atoms with E-state index in [4.69, 9.17) is 23.7 Å². The predicted octanol–water partition coefficient (Wildman–Crippen LogP) is 5.59. The Balaban J connectivity index is 1.46. The molecule has 1 N–H and O–H groups in total. The molecule has 5 atom stereocenters. The average molecular weight is 607 g/mol. The third-order valence-corrected chi connectivity index (χ3v) is 6.55. The molecule has 0 unspecified atom stereocenters. The minimum absolute atomic E-state index is 0.338. The molecule has 4 rings (SSSR count). The van der Waals surface area contributed by atoms with Gasteiger partial charge in [-0.3, -0.25) is 5.32 Å². The van der Waals surface area contributed by atoms with Gasteiger partial charge < -0.3 is 28.4 Å². The summed E-state index contributed by atoms with van der Waals surface area (Å²) in [5.41, 5.74) is 2.10. The standard InChI is InChI=1S/C29H33F3N4O7/c1-7-40-23-22(38-5)17(4)41-27(24(23)39-6)42-28(37)33-19-10-8-18(9-11-19)25-34-26(16(2)3)36(35-25)20-12-14-21(15-13-20)43-29(30,31)32/h8-15,17,22-24,27H,2,7H2,1,3-6H3,(H,33,37)/t17-,22-,23+,24+,27-/m0/s1. The van der Waals surface area contributed by atoms with Gasteiger partial charge in [-0.05, 0) is 74.9 Å². The Bertz CT molecular complexity index is 1400. The molecule has 43 heavy (non-hydrogen) atoms. The molecular weight excluding hydrogens is 573 g/mol. The maximum absolute atomic E-state index is 12.7. The molecule has 14 heteroatoms. The molecule has 0 radical (unpaired) electrons. The predicted molar refractivity (Wildman–Crippen MR) is 150 cm³/mol. The summed E-state index contributed by atoms with van der Waals surface area (Å²) in [6, 6.07) is 11.9. The monoisotopic (exact) mass is 606 g/mol. The van der Waals surface area contributed by atoms with Crippen LogP contribution in [0.3, 0.4) is 0 Å². The zero-order valence-corrected chi connectivity index (χ0v) is 24.3. The number of carbonyl (C=O) groups is 1. The van der Waals surface area contributed by atoms with Gasteiger partial charge in [0.25, 0.3) is 0 Å². The van der Waals surface area contributed by atoms with Crippen molar-refractivity contribution >= 4 is 17.4 Å². The Hall–Kier alpha value is -3.98. The topological polar surface area (TPSA) is 115 Å². The number of ether oxygens (including phenoxy) is 6. The maximum atomic E-state index is 12.7. The van der Waals surface area contributed by atoms with Gasteiger partial charge >= 0.3 is 12.5 Å². The molecule has 1 fully saturated rings. The molecule has 1 saturated heterocycles. The lowest BCUT2D eigenvalue weighted by Gasteiger charge is -2.43. The Labute approximate surface area is 246 Å². The lowest BCUT2D eigenvalue weighted by molar-refractivity contribution is -0.292. The van der Waals surface area contributed by atoms with Gasteiger partial charge in [-0.1, -0.05) is 6.58 Å². The Kier molecular flexibility index (Phi) is 10.1. The Morgan fingerprint density at radius 3 is 2.26 bits per heavy atom. The SMILES string of the molecule is C=C(C)c1nc(-c2ccc(NC(=O)O[C@@H]3O[C@@H](C)[C@H](OC)[C@@H](OCC)[C@H]3OC)cc2)nn1-c1ccc(OC(F)(F)F)cc1. The number of methoxy groups -OCH3 is 2. The van der Waals surface area contributed by atoms with Gasteiger partial charge in [0.15, 0.2) is 11.6 Å². The largest absolute Gasteiger partial charge is 0.573 e. The van der Waals surface area contributed by atoms with Crippen LogP contribution in [0.4, 0.5) is 23.7 Å². The van der Waals surface area contributed by atoms with E-state index in [-0.39, 0.29) is 5.75 Å². The van der Waals surface area contributed by atoms with Crippen molar-refractivity contribution in [3.63, 3.8) is 0 Å². The van der Waals surface area contributed by atoms with Crippen molar-refractivity contribution in [2.75, 3.05) is 26.1 Å². The summed E-state index contributed by atoms with van der Waals surface area (Å²) in [6.07, 6.45) is -8.65. The molecule has 0 spiro atoms. The number of carbonyl (C=O) groups excluding carboxylic acids is 1. The fourth-order valence-corrected chi connectivity index (χ4v) is 4.66. The number of hydrogen-bond acceptors (Lipinski definition) is 9. The zero-order valence-electron chi connectivity index (χ0n) is 24.3. The van der Waals surface area contributed by atoms with Crippen LogP contribution in [0.1, 0.15) is 26.6 Å². The molecule has 3 aromatic rings. The van der Waals surface area contributed by atoms with Crippen LogP contribution in [0.15, 0.2) is 55.1 Å². The molecule has 1 aliphatic heterocycles. The van der Waals surface area contributed by atoms with Crippen molar-refractivity contribution in [3.05, 3.63) is 60.9 Å². The lowest BCUT2D eigenvalue weighted by Crippen LogP contribution is -2.60. The van der Waals surface area contributed by atoms with E-state index in [2.05, 4.69) is 26.7 Å². The highest BCUT2D eigenvalue weighted by Gasteiger charge is 2.47. The van der Waals surface area contributed by atoms with Gasteiger partial charge in [0.1, 0.15) is 24.1 Å². The van der Waals surface area contributed by atoms with E-state index in [0.717, 1.165) is 0 Å². The zero-order chi connectivity index (χ0) is 31.3. The second kappa shape index (κ2) is 13.5. The molecule has 0 aliphatic carbocycles. The summed E-state index contributed by atoms with van der Waals surface area (Å²) in [5.74, 6) is 0.399. The van der Waals surface area contributed by atoms with Crippen LogP contribution in [0.25, 0.3) is 22.6 Å². The number of amides is 1. The summed E-state index contributed by atoms with van der Waals surface area (Å²) < 4.78 is 71.3. The van der Waals surface area contributed by atoms with Gasteiger partial charge in [0.2, 0.25) is 6.29 Å². The molecular formula is C29H33F3N4O7. The fourth-order valence-electron chi connectivity index (χ4n) is 4.66. The van der Waals surface area contributed by atoms with Crippen LogP contribution in [0.5, 0.6) is 5.75 Å². The maximum Gasteiger partial charge on any atom is 0.573 e. The Morgan fingerprint density at radius 1 is 1.05 bits per heavy atom. The molecule has 0 bridgehead atoms. The highest BCUT2D eigenvalue weighted by atomic mass is 19.4. The number of hydrogen-bond donors (Lipinski definition) is 1. The number of rotatable bonds is 10. The normalized spacial score (nSPS) is 22.2. The van der Waals surface area contributed by atoms with Crippen molar-refractivity contribution in [2.24, 2.45) is 0 Å². The van der Waals surface area contributed by atoms with Gasteiger partial charge in [-0.2, -0.15) is 0 Å². The Morgan fingerprint density at radius 2 is 1.70 bits per heavy atom. The van der Waals surface area contributed by atoms with Gasteiger partial charge in [0.05, 0.1) is 11.8 Å². The molecule has 2 heterocycles. The number of nitrogens with zero attached hydrogens (tertiary/aromatic N) is 3.